The van der Waals surface area contributed by atoms with Gasteiger partial charge in [0.2, 0.25) is 0 Å². The third-order valence-electron chi connectivity index (χ3n) is 7.56. The Kier molecular flexibility index (Phi) is 12.0. The van der Waals surface area contributed by atoms with Gasteiger partial charge in [0.15, 0.2) is 12.6 Å². The first-order valence-corrected chi connectivity index (χ1v) is 14.6. The van der Waals surface area contributed by atoms with Crippen molar-refractivity contribution in [2.75, 3.05) is 19.8 Å². The van der Waals surface area contributed by atoms with Gasteiger partial charge in [-0.25, -0.2) is 4.79 Å². The number of para-hydroxylation sites is 1. The molecule has 0 radical (unpaired) electrons. The van der Waals surface area contributed by atoms with E-state index in [9.17, 15) is 14.7 Å². The van der Waals surface area contributed by atoms with Gasteiger partial charge in [-0.3, -0.25) is 4.79 Å². The van der Waals surface area contributed by atoms with Gasteiger partial charge in [0.1, 0.15) is 11.5 Å². The Morgan fingerprint density at radius 2 is 1.70 bits per heavy atom. The van der Waals surface area contributed by atoms with Crippen LogP contribution in [0, 0.1) is 11.8 Å². The van der Waals surface area contributed by atoms with E-state index < -0.39 is 24.3 Å². The third-order valence-corrected chi connectivity index (χ3v) is 7.56. The molecular weight excluding hydrogens is 512 g/mol. The zero-order valence-corrected chi connectivity index (χ0v) is 23.2. The van der Waals surface area contributed by atoms with E-state index in [1.807, 2.05) is 36.4 Å². The normalized spacial score (nSPS) is 26.6. The van der Waals surface area contributed by atoms with Crippen molar-refractivity contribution < 1.29 is 38.4 Å². The molecule has 3 aliphatic rings. The highest BCUT2D eigenvalue weighted by molar-refractivity contribution is 5.83. The summed E-state index contributed by atoms with van der Waals surface area (Å²) in [6.07, 6.45) is 13.9. The van der Waals surface area contributed by atoms with Crippen LogP contribution in [0.3, 0.4) is 0 Å². The molecule has 40 heavy (non-hydrogen) atoms. The Morgan fingerprint density at radius 1 is 1.00 bits per heavy atom. The van der Waals surface area contributed by atoms with Crippen molar-refractivity contribution in [3.63, 3.8) is 0 Å². The van der Waals surface area contributed by atoms with Gasteiger partial charge in [-0.1, -0.05) is 30.4 Å². The quantitative estimate of drug-likeness (QED) is 0.130. The highest BCUT2D eigenvalue weighted by atomic mass is 16.8. The number of carboxylic acid groups (broad SMARTS) is 1. The van der Waals surface area contributed by atoms with Crippen LogP contribution < -0.4 is 4.74 Å². The number of carboxylic acids is 1. The predicted octanol–water partition coefficient (Wildman–Crippen LogP) is 5.97. The van der Waals surface area contributed by atoms with Crippen molar-refractivity contribution in [3.8, 4) is 5.75 Å². The molecule has 2 heterocycles. The second-order valence-electron chi connectivity index (χ2n) is 10.6. The summed E-state index contributed by atoms with van der Waals surface area (Å²) in [5, 5.41) is 10.2. The minimum Gasteiger partial charge on any atom is -0.493 e. The molecule has 0 bridgehead atoms. The molecule has 0 aromatic heterocycles. The number of ketones is 1. The fourth-order valence-electron chi connectivity index (χ4n) is 5.32. The van der Waals surface area contributed by atoms with Crippen molar-refractivity contribution in [3.05, 3.63) is 60.4 Å². The van der Waals surface area contributed by atoms with Gasteiger partial charge in [0.05, 0.1) is 6.61 Å². The van der Waals surface area contributed by atoms with Crippen LogP contribution in [0.5, 0.6) is 5.75 Å². The molecule has 218 valence electrons. The van der Waals surface area contributed by atoms with Gasteiger partial charge in [-0.15, -0.1) is 5.73 Å². The summed E-state index contributed by atoms with van der Waals surface area (Å²) in [7, 11) is 0. The minimum atomic E-state index is -1.93. The molecule has 2 saturated heterocycles. The van der Waals surface area contributed by atoms with Crippen LogP contribution in [0.15, 0.2) is 60.4 Å². The lowest BCUT2D eigenvalue weighted by molar-refractivity contribution is -0.349. The van der Waals surface area contributed by atoms with Crippen LogP contribution in [0.4, 0.5) is 0 Å². The zero-order chi connectivity index (χ0) is 28.0. The fraction of sp³-hybridized carbons (Fsp3) is 0.594. The molecule has 1 aromatic carbocycles. The average molecular weight is 555 g/mol. The number of hydrogen-bond acceptors (Lipinski definition) is 7. The van der Waals surface area contributed by atoms with Gasteiger partial charge in [0.25, 0.3) is 5.79 Å². The maximum atomic E-state index is 12.6. The molecule has 1 saturated carbocycles. The van der Waals surface area contributed by atoms with E-state index in [4.69, 9.17) is 23.7 Å². The smallest absolute Gasteiger partial charge is 0.364 e. The van der Waals surface area contributed by atoms with Gasteiger partial charge in [-0.05, 0) is 88.0 Å². The summed E-state index contributed by atoms with van der Waals surface area (Å²) in [6.45, 7) is 1.64. The van der Waals surface area contributed by atoms with Crippen molar-refractivity contribution in [1.82, 2.24) is 0 Å². The summed E-state index contributed by atoms with van der Waals surface area (Å²) in [5.74, 6) is -1.97. The second-order valence-corrected chi connectivity index (χ2v) is 10.6. The molecule has 1 aliphatic carbocycles. The summed E-state index contributed by atoms with van der Waals surface area (Å²) in [6, 6.07) is 9.71. The van der Waals surface area contributed by atoms with E-state index in [0.717, 1.165) is 44.3 Å². The molecule has 0 spiro atoms. The minimum absolute atomic E-state index is 0.0537. The SMILES string of the molecule is O=C1CC[C@H](/C=C/CCOc2ccccc2)[C@H]1CC=C=CCC(OC1CCCCO1)(OC1CCCCO1)C(=O)O. The number of rotatable bonds is 14. The van der Waals surface area contributed by atoms with Gasteiger partial charge < -0.3 is 28.8 Å². The first-order chi connectivity index (χ1) is 19.6. The lowest BCUT2D eigenvalue weighted by atomic mass is 9.91. The lowest BCUT2D eigenvalue weighted by Gasteiger charge is -2.37. The predicted molar refractivity (Wildman–Crippen MR) is 149 cm³/mol. The number of aliphatic carboxylic acids is 1. The maximum Gasteiger partial charge on any atom is 0.364 e. The number of Topliss-reactive ketones (excluding diaryl/α,β-unsaturated/α-hetero) is 1. The second kappa shape index (κ2) is 15.9. The van der Waals surface area contributed by atoms with Gasteiger partial charge in [-0.2, -0.15) is 0 Å². The summed E-state index contributed by atoms with van der Waals surface area (Å²) >= 11 is 0. The molecule has 4 rings (SSSR count). The molecule has 2 aliphatic heterocycles. The summed E-state index contributed by atoms with van der Waals surface area (Å²) in [5.41, 5.74) is 3.08. The number of carbonyl (C=O) groups excluding carboxylic acids is 1. The Balaban J connectivity index is 1.33. The standard InChI is InChI=1S/C32H42O8/c33-28-20-19-25(13-6-10-22-36-26-14-3-1-4-15-26)27(28)16-5-2-9-21-32(31(34)35,39-29-17-7-11-23-37-29)40-30-18-8-12-24-38-30/h1,3-6,9,13-15,25,27,29-30H,7-8,10-12,16-24H2,(H,34,35)/b13-6+/t2?,25-,27+,29?,30?,32?/m0/s1. The zero-order valence-electron chi connectivity index (χ0n) is 23.2. The topological polar surface area (TPSA) is 101 Å². The number of ether oxygens (including phenoxy) is 5. The molecule has 0 amide bonds. The van der Waals surface area contributed by atoms with Crippen LogP contribution in [-0.4, -0.2) is 55.0 Å². The van der Waals surface area contributed by atoms with Crippen LogP contribution in [0.2, 0.25) is 0 Å². The highest BCUT2D eigenvalue weighted by Crippen LogP contribution is 2.33. The lowest BCUT2D eigenvalue weighted by Crippen LogP contribution is -2.50. The Hall–Kier alpha value is -2.74. The monoisotopic (exact) mass is 554 g/mol. The molecule has 2 unspecified atom stereocenters. The Morgan fingerprint density at radius 3 is 2.33 bits per heavy atom. The largest absolute Gasteiger partial charge is 0.493 e. The van der Waals surface area contributed by atoms with E-state index in [2.05, 4.69) is 17.9 Å². The average Bonchev–Trinajstić information content (AvgIpc) is 3.32. The highest BCUT2D eigenvalue weighted by Gasteiger charge is 2.46. The fourth-order valence-corrected chi connectivity index (χ4v) is 5.32. The van der Waals surface area contributed by atoms with Crippen molar-refractivity contribution in [1.29, 1.82) is 0 Å². The van der Waals surface area contributed by atoms with Crippen molar-refractivity contribution in [2.24, 2.45) is 11.8 Å². The number of allylic oxidation sites excluding steroid dienone is 1. The maximum absolute atomic E-state index is 12.6. The van der Waals surface area contributed by atoms with Crippen LogP contribution >= 0.6 is 0 Å². The summed E-state index contributed by atoms with van der Waals surface area (Å²) < 4.78 is 29.0. The van der Waals surface area contributed by atoms with Crippen LogP contribution in [0.25, 0.3) is 0 Å². The van der Waals surface area contributed by atoms with Crippen molar-refractivity contribution in [2.45, 2.75) is 89.0 Å². The Bertz CT molecular complexity index is 997. The van der Waals surface area contributed by atoms with E-state index >= 15 is 0 Å². The third kappa shape index (κ3) is 9.15. The Labute approximate surface area is 237 Å². The van der Waals surface area contributed by atoms with Gasteiger partial charge >= 0.3 is 5.97 Å². The van der Waals surface area contributed by atoms with Crippen LogP contribution in [0.1, 0.15) is 70.6 Å². The van der Waals surface area contributed by atoms with E-state index in [0.29, 0.717) is 45.5 Å². The molecule has 1 aromatic rings. The molecule has 4 atom stereocenters. The molecule has 8 heteroatoms. The molecular formula is C32H42O8. The summed E-state index contributed by atoms with van der Waals surface area (Å²) in [4.78, 5) is 25.0. The first-order valence-electron chi connectivity index (χ1n) is 14.6. The van der Waals surface area contributed by atoms with Gasteiger partial charge in [0, 0.05) is 32.0 Å². The van der Waals surface area contributed by atoms with E-state index in [1.165, 1.54) is 0 Å². The van der Waals surface area contributed by atoms with Crippen molar-refractivity contribution >= 4 is 11.8 Å². The van der Waals surface area contributed by atoms with E-state index in [-0.39, 0.29) is 24.0 Å². The first kappa shape index (κ1) is 30.2. The number of hydrogen-bond donors (Lipinski definition) is 1. The van der Waals surface area contributed by atoms with E-state index in [1.54, 1.807) is 6.08 Å². The van der Waals surface area contributed by atoms with Crippen LogP contribution in [-0.2, 0) is 28.5 Å². The number of carbonyl (C=O) groups is 2. The molecule has 1 N–H and O–H groups in total. The molecule has 3 fully saturated rings. The number of benzene rings is 1. The molecule has 8 nitrogen and oxygen atoms in total.